The van der Waals surface area contributed by atoms with Gasteiger partial charge >= 0.3 is 0 Å². The van der Waals surface area contributed by atoms with Crippen molar-refractivity contribution in [3.8, 4) is 5.75 Å². The van der Waals surface area contributed by atoms with E-state index in [4.69, 9.17) is 4.74 Å². The summed E-state index contributed by atoms with van der Waals surface area (Å²) in [5.41, 5.74) is 1.15. The average molecular weight is 471 g/mol. The zero-order valence-electron chi connectivity index (χ0n) is 15.4. The number of ether oxygens (including phenoxy) is 1. The maximum absolute atomic E-state index is 5.48. The Morgan fingerprint density at radius 3 is 2.58 bits per heavy atom. The van der Waals surface area contributed by atoms with Gasteiger partial charge in [-0.3, -0.25) is 4.99 Å². The highest BCUT2D eigenvalue weighted by atomic mass is 127. The van der Waals surface area contributed by atoms with Gasteiger partial charge in [0.05, 0.1) is 19.3 Å². The zero-order chi connectivity index (χ0) is 17.6. The lowest BCUT2D eigenvalue weighted by atomic mass is 10.2. The summed E-state index contributed by atoms with van der Waals surface area (Å²) >= 11 is 0. The molecule has 1 aromatic heterocycles. The quantitative estimate of drug-likeness (QED) is 0.413. The van der Waals surface area contributed by atoms with E-state index in [9.17, 15) is 0 Å². The maximum Gasteiger partial charge on any atom is 0.194 e. The highest BCUT2D eigenvalue weighted by Gasteiger charge is 2.21. The molecule has 8 nitrogen and oxygen atoms in total. The van der Waals surface area contributed by atoms with Crippen LogP contribution in [0.4, 0.5) is 5.69 Å². The van der Waals surface area contributed by atoms with Gasteiger partial charge < -0.3 is 24.4 Å². The van der Waals surface area contributed by atoms with Crippen molar-refractivity contribution in [1.82, 2.24) is 25.0 Å². The number of nitrogens with one attached hydrogen (secondary N) is 1. The van der Waals surface area contributed by atoms with E-state index in [1.807, 2.05) is 36.9 Å². The van der Waals surface area contributed by atoms with E-state index in [0.29, 0.717) is 6.54 Å². The number of anilines is 1. The van der Waals surface area contributed by atoms with Crippen LogP contribution in [-0.4, -0.2) is 66.0 Å². The van der Waals surface area contributed by atoms with E-state index in [1.54, 1.807) is 13.4 Å². The van der Waals surface area contributed by atoms with Gasteiger partial charge in [0.15, 0.2) is 11.8 Å². The molecule has 26 heavy (non-hydrogen) atoms. The number of hydrogen-bond donors (Lipinski definition) is 1. The lowest BCUT2D eigenvalue weighted by Gasteiger charge is -2.38. The number of rotatable bonds is 4. The molecule has 0 atom stereocenters. The number of aliphatic imine (C=N–C) groups is 1. The van der Waals surface area contributed by atoms with Gasteiger partial charge in [-0.1, -0.05) is 12.1 Å². The monoisotopic (exact) mass is 471 g/mol. The Balaban J connectivity index is 0.00000243. The fraction of sp³-hybridized carbons (Fsp3) is 0.471. The van der Waals surface area contributed by atoms with Gasteiger partial charge in [-0.25, -0.2) is 0 Å². The Morgan fingerprint density at radius 1 is 1.23 bits per heavy atom. The van der Waals surface area contributed by atoms with Gasteiger partial charge in [0.2, 0.25) is 0 Å². The third-order valence-electron chi connectivity index (χ3n) is 4.43. The largest absolute Gasteiger partial charge is 0.495 e. The zero-order valence-corrected chi connectivity index (χ0v) is 17.8. The second-order valence-corrected chi connectivity index (χ2v) is 5.90. The lowest BCUT2D eigenvalue weighted by Crippen LogP contribution is -2.52. The molecule has 9 heteroatoms. The SMILES string of the molecule is CN=C(NCc1nncn1C)N1CCN(c2ccccc2OC)CC1.I. The standard InChI is InChI=1S/C17H25N7O.HI/c1-18-17(19-12-16-21-20-13-22(16)2)24-10-8-23(9-11-24)14-6-4-5-7-15(14)25-3;/h4-7,13H,8-12H2,1-3H3,(H,18,19);1H. The van der Waals surface area contributed by atoms with Crippen molar-refractivity contribution in [1.29, 1.82) is 0 Å². The average Bonchev–Trinajstić information content (AvgIpc) is 3.07. The van der Waals surface area contributed by atoms with Crippen molar-refractivity contribution in [3.63, 3.8) is 0 Å². The Morgan fingerprint density at radius 2 is 1.96 bits per heavy atom. The molecule has 1 aliphatic rings. The normalized spacial score (nSPS) is 14.8. The minimum atomic E-state index is 0. The van der Waals surface area contributed by atoms with Gasteiger partial charge in [0, 0.05) is 40.3 Å². The van der Waals surface area contributed by atoms with E-state index in [0.717, 1.165) is 49.4 Å². The van der Waals surface area contributed by atoms with Crippen LogP contribution in [0.2, 0.25) is 0 Å². The first kappa shape index (κ1) is 20.3. The molecule has 1 aromatic carbocycles. The lowest BCUT2D eigenvalue weighted by molar-refractivity contribution is 0.366. The highest BCUT2D eigenvalue weighted by molar-refractivity contribution is 14.0. The van der Waals surface area contributed by atoms with Gasteiger partial charge in [-0.2, -0.15) is 0 Å². The fourth-order valence-electron chi connectivity index (χ4n) is 3.01. The van der Waals surface area contributed by atoms with E-state index >= 15 is 0 Å². The number of aryl methyl sites for hydroxylation is 1. The van der Waals surface area contributed by atoms with Crippen molar-refractivity contribution in [2.45, 2.75) is 6.54 Å². The predicted octanol–water partition coefficient (Wildman–Crippen LogP) is 1.34. The van der Waals surface area contributed by atoms with Crippen LogP contribution in [0.15, 0.2) is 35.6 Å². The molecular formula is C17H26IN7O. The van der Waals surface area contributed by atoms with E-state index in [2.05, 4.69) is 36.4 Å². The molecule has 1 saturated heterocycles. The molecule has 0 unspecified atom stereocenters. The smallest absolute Gasteiger partial charge is 0.194 e. The molecule has 0 aliphatic carbocycles. The molecule has 1 N–H and O–H groups in total. The van der Waals surface area contributed by atoms with E-state index < -0.39 is 0 Å². The molecule has 0 saturated carbocycles. The van der Waals surface area contributed by atoms with Crippen LogP contribution < -0.4 is 15.0 Å². The van der Waals surface area contributed by atoms with Crippen molar-refractivity contribution >= 4 is 35.6 Å². The third-order valence-corrected chi connectivity index (χ3v) is 4.43. The number of benzene rings is 1. The Bertz CT molecular complexity index is 725. The minimum absolute atomic E-state index is 0. The molecule has 1 aliphatic heterocycles. The fourth-order valence-corrected chi connectivity index (χ4v) is 3.01. The van der Waals surface area contributed by atoms with E-state index in [1.165, 1.54) is 0 Å². The van der Waals surface area contributed by atoms with Gasteiger partial charge in [-0.05, 0) is 12.1 Å². The summed E-state index contributed by atoms with van der Waals surface area (Å²) < 4.78 is 7.38. The summed E-state index contributed by atoms with van der Waals surface area (Å²) in [6.07, 6.45) is 1.70. The summed E-state index contributed by atoms with van der Waals surface area (Å²) in [4.78, 5) is 9.02. The molecule has 2 heterocycles. The topological polar surface area (TPSA) is 70.8 Å². The Kier molecular flexibility index (Phi) is 7.49. The highest BCUT2D eigenvalue weighted by Crippen LogP contribution is 2.28. The summed E-state index contributed by atoms with van der Waals surface area (Å²) in [5.74, 6) is 2.69. The summed E-state index contributed by atoms with van der Waals surface area (Å²) in [7, 11) is 5.46. The van der Waals surface area contributed by atoms with Crippen LogP contribution >= 0.6 is 24.0 Å². The van der Waals surface area contributed by atoms with Crippen LogP contribution in [0, 0.1) is 0 Å². The molecule has 142 valence electrons. The van der Waals surface area contributed by atoms with Crippen LogP contribution in [0.5, 0.6) is 5.75 Å². The molecule has 3 rings (SSSR count). The first-order valence-corrected chi connectivity index (χ1v) is 8.39. The van der Waals surface area contributed by atoms with Gasteiger partial charge in [0.25, 0.3) is 0 Å². The van der Waals surface area contributed by atoms with Crippen LogP contribution in [0.3, 0.4) is 0 Å². The summed E-state index contributed by atoms with van der Waals surface area (Å²) in [6, 6.07) is 8.15. The van der Waals surface area contributed by atoms with Gasteiger partial charge in [-0.15, -0.1) is 34.2 Å². The molecule has 1 fully saturated rings. The number of halogens is 1. The first-order valence-electron chi connectivity index (χ1n) is 8.39. The number of guanidine groups is 1. The number of para-hydroxylation sites is 2. The maximum atomic E-state index is 5.48. The Labute approximate surface area is 171 Å². The van der Waals surface area contributed by atoms with Crippen molar-refractivity contribution in [2.75, 3.05) is 45.2 Å². The first-order chi connectivity index (χ1) is 12.2. The minimum Gasteiger partial charge on any atom is -0.495 e. The second kappa shape index (κ2) is 9.60. The van der Waals surface area contributed by atoms with Crippen LogP contribution in [0.25, 0.3) is 0 Å². The van der Waals surface area contributed by atoms with E-state index in [-0.39, 0.29) is 24.0 Å². The number of aromatic nitrogens is 3. The van der Waals surface area contributed by atoms with Crippen molar-refractivity contribution in [3.05, 3.63) is 36.4 Å². The predicted molar refractivity (Wildman–Crippen MR) is 113 cm³/mol. The molecule has 0 amide bonds. The van der Waals surface area contributed by atoms with Crippen molar-refractivity contribution < 1.29 is 4.74 Å². The molecule has 0 spiro atoms. The molecule has 2 aromatic rings. The Hall–Kier alpha value is -2.04. The summed E-state index contributed by atoms with van der Waals surface area (Å²) in [5, 5.41) is 11.4. The van der Waals surface area contributed by atoms with Crippen LogP contribution in [0.1, 0.15) is 5.82 Å². The van der Waals surface area contributed by atoms with Crippen LogP contribution in [-0.2, 0) is 13.6 Å². The number of methoxy groups -OCH3 is 1. The molecule has 0 radical (unpaired) electrons. The third kappa shape index (κ3) is 4.57. The van der Waals surface area contributed by atoms with Gasteiger partial charge in [0.1, 0.15) is 12.1 Å². The van der Waals surface area contributed by atoms with Crippen molar-refractivity contribution in [2.24, 2.45) is 12.0 Å². The molecular weight excluding hydrogens is 445 g/mol. The number of nitrogens with zero attached hydrogens (tertiary/aromatic N) is 6. The summed E-state index contributed by atoms with van der Waals surface area (Å²) in [6.45, 7) is 4.25. The second-order valence-electron chi connectivity index (χ2n) is 5.90. The number of hydrogen-bond acceptors (Lipinski definition) is 5. The number of piperazine rings is 1. The molecule has 0 bridgehead atoms.